The molecular weight excluding hydrogens is 338 g/mol. The number of carbonyl (C=O) groups is 2. The van der Waals surface area contributed by atoms with E-state index in [1.165, 1.54) is 13.2 Å². The molecule has 0 unspecified atom stereocenters. The van der Waals surface area contributed by atoms with Gasteiger partial charge in [-0.15, -0.1) is 0 Å². The molecule has 0 spiro atoms. The Balaban J connectivity index is 1.48. The molecule has 1 aliphatic heterocycles. The lowest BCUT2D eigenvalue weighted by Crippen LogP contribution is -2.20. The van der Waals surface area contributed by atoms with Crippen LogP contribution in [0.15, 0.2) is 48.5 Å². The highest BCUT2D eigenvalue weighted by Crippen LogP contribution is 2.32. The highest BCUT2D eigenvalue weighted by molar-refractivity contribution is 5.94. The Labute approximate surface area is 150 Å². The Kier molecular flexibility index (Phi) is 5.38. The maximum Gasteiger partial charge on any atom is 0.331 e. The van der Waals surface area contributed by atoms with Gasteiger partial charge in [0, 0.05) is 17.8 Å². The summed E-state index contributed by atoms with van der Waals surface area (Å²) in [7, 11) is 1.54. The summed E-state index contributed by atoms with van der Waals surface area (Å²) in [6.07, 6.45) is 2.82. The van der Waals surface area contributed by atoms with E-state index in [9.17, 15) is 9.59 Å². The highest BCUT2D eigenvalue weighted by Gasteiger charge is 2.12. The molecule has 2 aromatic carbocycles. The van der Waals surface area contributed by atoms with Gasteiger partial charge >= 0.3 is 5.97 Å². The van der Waals surface area contributed by atoms with E-state index >= 15 is 0 Å². The molecular formula is C19H17NO6. The van der Waals surface area contributed by atoms with Crippen LogP contribution in [-0.2, 0) is 14.3 Å². The van der Waals surface area contributed by atoms with Gasteiger partial charge in [-0.05, 0) is 35.9 Å². The van der Waals surface area contributed by atoms with E-state index in [-0.39, 0.29) is 13.4 Å². The summed E-state index contributed by atoms with van der Waals surface area (Å²) in [5.41, 5.74) is 1.31. The first kappa shape index (κ1) is 17.3. The van der Waals surface area contributed by atoms with Crippen molar-refractivity contribution in [1.29, 1.82) is 0 Å². The van der Waals surface area contributed by atoms with Crippen molar-refractivity contribution in [1.82, 2.24) is 0 Å². The van der Waals surface area contributed by atoms with Crippen molar-refractivity contribution in [3.05, 3.63) is 54.1 Å². The second-order valence-corrected chi connectivity index (χ2v) is 5.33. The number of fused-ring (bicyclic) bond motifs is 1. The number of methoxy groups -OCH3 is 1. The first-order valence-electron chi connectivity index (χ1n) is 7.82. The van der Waals surface area contributed by atoms with Crippen LogP contribution in [0.3, 0.4) is 0 Å². The summed E-state index contributed by atoms with van der Waals surface area (Å²) in [6.45, 7) is -0.200. The third-order valence-electron chi connectivity index (χ3n) is 3.51. The van der Waals surface area contributed by atoms with E-state index in [0.717, 1.165) is 5.56 Å². The van der Waals surface area contributed by atoms with Gasteiger partial charge in [0.25, 0.3) is 5.91 Å². The number of hydrogen-bond acceptors (Lipinski definition) is 6. The summed E-state index contributed by atoms with van der Waals surface area (Å²) in [5.74, 6) is 0.843. The quantitative estimate of drug-likeness (QED) is 0.633. The molecule has 7 nitrogen and oxygen atoms in total. The Morgan fingerprint density at radius 1 is 1.15 bits per heavy atom. The fourth-order valence-corrected chi connectivity index (χ4v) is 2.26. The fraction of sp³-hybridized carbons (Fsp3) is 0.158. The second-order valence-electron chi connectivity index (χ2n) is 5.33. The van der Waals surface area contributed by atoms with Crippen molar-refractivity contribution < 1.29 is 28.5 Å². The van der Waals surface area contributed by atoms with Crippen LogP contribution >= 0.6 is 0 Å². The van der Waals surface area contributed by atoms with Crippen LogP contribution < -0.4 is 19.5 Å². The lowest BCUT2D eigenvalue weighted by Gasteiger charge is -2.07. The van der Waals surface area contributed by atoms with Crippen molar-refractivity contribution in [2.24, 2.45) is 0 Å². The average Bonchev–Trinajstić information content (AvgIpc) is 3.12. The van der Waals surface area contributed by atoms with Crippen LogP contribution in [0.2, 0.25) is 0 Å². The van der Waals surface area contributed by atoms with Gasteiger partial charge in [-0.25, -0.2) is 4.79 Å². The Morgan fingerprint density at radius 3 is 2.85 bits per heavy atom. The lowest BCUT2D eigenvalue weighted by atomic mass is 10.2. The van der Waals surface area contributed by atoms with E-state index in [4.69, 9.17) is 18.9 Å². The van der Waals surface area contributed by atoms with E-state index in [1.807, 2.05) is 0 Å². The molecule has 26 heavy (non-hydrogen) atoms. The van der Waals surface area contributed by atoms with Crippen molar-refractivity contribution >= 4 is 23.6 Å². The molecule has 1 amide bonds. The molecule has 0 radical (unpaired) electrons. The molecule has 1 aliphatic rings. The molecule has 0 bridgehead atoms. The summed E-state index contributed by atoms with van der Waals surface area (Å²) in [4.78, 5) is 23.6. The molecule has 0 atom stereocenters. The van der Waals surface area contributed by atoms with Crippen LogP contribution in [0.5, 0.6) is 17.2 Å². The third kappa shape index (κ3) is 4.54. The number of esters is 1. The zero-order valence-electron chi connectivity index (χ0n) is 14.1. The number of hydrogen-bond donors (Lipinski definition) is 1. The number of nitrogens with one attached hydrogen (secondary N) is 1. The summed E-state index contributed by atoms with van der Waals surface area (Å²) < 4.78 is 20.5. The van der Waals surface area contributed by atoms with Crippen molar-refractivity contribution in [2.75, 3.05) is 25.8 Å². The lowest BCUT2D eigenvalue weighted by molar-refractivity contribution is -0.142. The minimum atomic E-state index is -0.622. The maximum atomic E-state index is 11.8. The fourth-order valence-electron chi connectivity index (χ4n) is 2.26. The molecule has 1 heterocycles. The maximum absolute atomic E-state index is 11.8. The van der Waals surface area contributed by atoms with Gasteiger partial charge in [-0.2, -0.15) is 0 Å². The first-order valence-corrected chi connectivity index (χ1v) is 7.82. The van der Waals surface area contributed by atoms with E-state index < -0.39 is 11.9 Å². The number of anilines is 1. The van der Waals surface area contributed by atoms with Gasteiger partial charge in [0.2, 0.25) is 6.79 Å². The number of carbonyl (C=O) groups excluding carboxylic acids is 2. The van der Waals surface area contributed by atoms with Gasteiger partial charge in [0.05, 0.1) is 7.11 Å². The third-order valence-corrected chi connectivity index (χ3v) is 3.51. The first-order chi connectivity index (χ1) is 12.6. The average molecular weight is 355 g/mol. The van der Waals surface area contributed by atoms with E-state index in [0.29, 0.717) is 22.9 Å². The number of ether oxygens (including phenoxy) is 4. The Bertz CT molecular complexity index is 846. The molecule has 0 saturated carbocycles. The zero-order valence-corrected chi connectivity index (χ0v) is 14.1. The largest absolute Gasteiger partial charge is 0.497 e. The van der Waals surface area contributed by atoms with Crippen molar-refractivity contribution in [3.63, 3.8) is 0 Å². The summed E-state index contributed by atoms with van der Waals surface area (Å²) in [5, 5.41) is 2.62. The SMILES string of the molecule is COc1cccc(NC(=O)COC(=O)C=Cc2ccc3c(c2)OCO3)c1. The molecule has 0 aliphatic carbocycles. The monoisotopic (exact) mass is 355 g/mol. The molecule has 1 N–H and O–H groups in total. The van der Waals surface area contributed by atoms with Crippen molar-refractivity contribution in [3.8, 4) is 17.2 Å². The molecule has 3 rings (SSSR count). The van der Waals surface area contributed by atoms with Crippen LogP contribution in [-0.4, -0.2) is 32.4 Å². The topological polar surface area (TPSA) is 83.1 Å². The molecule has 2 aromatic rings. The van der Waals surface area contributed by atoms with Gasteiger partial charge in [-0.1, -0.05) is 12.1 Å². The van der Waals surface area contributed by atoms with Gasteiger partial charge in [-0.3, -0.25) is 4.79 Å². The van der Waals surface area contributed by atoms with Crippen LogP contribution in [0.1, 0.15) is 5.56 Å². The molecule has 134 valence electrons. The minimum absolute atomic E-state index is 0.187. The van der Waals surface area contributed by atoms with Gasteiger partial charge in [0.1, 0.15) is 5.75 Å². The smallest absolute Gasteiger partial charge is 0.331 e. The standard InChI is InChI=1S/C19H17NO6/c1-23-15-4-2-3-14(10-15)20-18(21)11-24-19(22)8-6-13-5-7-16-17(9-13)26-12-25-16/h2-10H,11-12H2,1H3,(H,20,21). The second kappa shape index (κ2) is 8.06. The number of benzene rings is 2. The van der Waals surface area contributed by atoms with Crippen LogP contribution in [0, 0.1) is 0 Å². The van der Waals surface area contributed by atoms with E-state index in [2.05, 4.69) is 5.32 Å². The Morgan fingerprint density at radius 2 is 2.00 bits per heavy atom. The predicted octanol–water partition coefficient (Wildman–Crippen LogP) is 2.62. The van der Waals surface area contributed by atoms with E-state index in [1.54, 1.807) is 48.5 Å². The number of amides is 1. The zero-order chi connectivity index (χ0) is 18.4. The van der Waals surface area contributed by atoms with Crippen molar-refractivity contribution in [2.45, 2.75) is 0 Å². The predicted molar refractivity (Wildman–Crippen MR) is 94.2 cm³/mol. The number of rotatable bonds is 6. The van der Waals surface area contributed by atoms with Gasteiger partial charge < -0.3 is 24.3 Å². The summed E-state index contributed by atoms with van der Waals surface area (Å²) in [6, 6.07) is 12.2. The molecule has 0 fully saturated rings. The van der Waals surface area contributed by atoms with Crippen LogP contribution in [0.4, 0.5) is 5.69 Å². The van der Waals surface area contributed by atoms with Crippen LogP contribution in [0.25, 0.3) is 6.08 Å². The molecule has 0 saturated heterocycles. The summed E-state index contributed by atoms with van der Waals surface area (Å²) >= 11 is 0. The highest BCUT2D eigenvalue weighted by atomic mass is 16.7. The van der Waals surface area contributed by atoms with Gasteiger partial charge in [0.15, 0.2) is 18.1 Å². The normalized spacial score (nSPS) is 12.0. The minimum Gasteiger partial charge on any atom is -0.497 e. The molecule has 0 aromatic heterocycles. The molecule has 7 heteroatoms. The Hall–Kier alpha value is -3.48.